The quantitative estimate of drug-likeness (QED) is 0.583. The molecule has 0 N–H and O–H groups in total. The summed E-state index contributed by atoms with van der Waals surface area (Å²) in [6.07, 6.45) is 4.72. The normalized spacial score (nSPS) is 20.1. The van der Waals surface area contributed by atoms with Crippen molar-refractivity contribution in [2.45, 2.75) is 6.04 Å². The molecule has 1 saturated carbocycles. The zero-order valence-corrected chi connectivity index (χ0v) is 17.1. The van der Waals surface area contributed by atoms with Crippen LogP contribution in [0.15, 0.2) is 84.9 Å². The second-order valence-corrected chi connectivity index (χ2v) is 9.69. The van der Waals surface area contributed by atoms with Crippen LogP contribution >= 0.6 is 7.92 Å². The molecule has 5 rings (SSSR count). The summed E-state index contributed by atoms with van der Waals surface area (Å²) < 4.78 is 0. The monoisotopic (exact) mass is 380 g/mol. The molecule has 0 bridgehead atoms. The van der Waals surface area contributed by atoms with Gasteiger partial charge in [-0.1, -0.05) is 84.9 Å². The zero-order valence-electron chi connectivity index (χ0n) is 16.2. The van der Waals surface area contributed by atoms with Crippen LogP contribution in [-0.2, 0) is 0 Å². The molecule has 3 aromatic carbocycles. The SMILES string of the molecule is CN(C)[C@H]1[C]2[C]([CH][CH][C]2P(c2ccccc2)c2ccccc2)c2ccccc21. The van der Waals surface area contributed by atoms with E-state index in [1.807, 2.05) is 0 Å². The average Bonchev–Trinajstić information content (AvgIpc) is 3.28. The van der Waals surface area contributed by atoms with Gasteiger partial charge in [0.15, 0.2) is 0 Å². The maximum Gasteiger partial charge on any atom is 0.0426 e. The van der Waals surface area contributed by atoms with Crippen LogP contribution in [0, 0.1) is 30.3 Å². The van der Waals surface area contributed by atoms with Gasteiger partial charge in [-0.25, -0.2) is 0 Å². The van der Waals surface area contributed by atoms with Gasteiger partial charge in [0, 0.05) is 23.5 Å². The standard InChI is InChI=1S/C26H23NP/c1-27(2)26-23-16-10-9-15-21(23)22-17-18-24(25(22)26)28(19-11-5-3-6-12-19)20-13-7-4-8-14-20/h3-18,26H,1-2H3/t26-/m1/s1. The van der Waals surface area contributed by atoms with E-state index in [0.29, 0.717) is 6.04 Å². The van der Waals surface area contributed by atoms with Gasteiger partial charge in [0.1, 0.15) is 0 Å². The molecule has 3 aromatic rings. The van der Waals surface area contributed by atoms with Gasteiger partial charge < -0.3 is 4.90 Å². The zero-order chi connectivity index (χ0) is 19.1. The minimum absolute atomic E-state index is 0.314. The van der Waals surface area contributed by atoms with Crippen LogP contribution in [0.25, 0.3) is 0 Å². The fraction of sp³-hybridized carbons (Fsp3) is 0.115. The topological polar surface area (TPSA) is 3.24 Å². The molecule has 0 heterocycles. The van der Waals surface area contributed by atoms with Gasteiger partial charge in [-0.2, -0.15) is 0 Å². The Morgan fingerprint density at radius 3 is 1.86 bits per heavy atom. The lowest BCUT2D eigenvalue weighted by Gasteiger charge is -2.35. The van der Waals surface area contributed by atoms with Crippen molar-refractivity contribution in [2.75, 3.05) is 14.1 Å². The third-order valence-electron chi connectivity index (χ3n) is 5.58. The van der Waals surface area contributed by atoms with Gasteiger partial charge in [0.2, 0.25) is 0 Å². The largest absolute Gasteiger partial charge is 0.302 e. The van der Waals surface area contributed by atoms with E-state index < -0.39 is 7.92 Å². The predicted octanol–water partition coefficient (Wildman–Crippen LogP) is 4.89. The molecule has 0 aliphatic heterocycles. The van der Waals surface area contributed by atoms with Crippen molar-refractivity contribution in [3.8, 4) is 0 Å². The van der Waals surface area contributed by atoms with Crippen molar-refractivity contribution in [3.63, 3.8) is 0 Å². The summed E-state index contributed by atoms with van der Waals surface area (Å²) in [6, 6.07) is 31.2. The van der Waals surface area contributed by atoms with Crippen LogP contribution in [0.2, 0.25) is 0 Å². The minimum atomic E-state index is -0.592. The minimum Gasteiger partial charge on any atom is -0.302 e. The highest BCUT2D eigenvalue weighted by Crippen LogP contribution is 2.67. The summed E-state index contributed by atoms with van der Waals surface area (Å²) in [5, 5.41) is 2.82. The molecule has 0 spiro atoms. The first kappa shape index (κ1) is 18.1. The summed E-state index contributed by atoms with van der Waals surface area (Å²) in [6.45, 7) is 0. The van der Waals surface area contributed by atoms with Crippen LogP contribution < -0.4 is 10.6 Å². The van der Waals surface area contributed by atoms with Crippen LogP contribution in [0.4, 0.5) is 0 Å². The van der Waals surface area contributed by atoms with Gasteiger partial charge in [0.25, 0.3) is 0 Å². The Kier molecular flexibility index (Phi) is 4.83. The maximum atomic E-state index is 2.38. The summed E-state index contributed by atoms with van der Waals surface area (Å²) in [5.41, 5.74) is 4.30. The Labute approximate surface area is 170 Å². The summed E-state index contributed by atoms with van der Waals surface area (Å²) in [4.78, 5) is 2.36. The average molecular weight is 380 g/mol. The van der Waals surface area contributed by atoms with E-state index >= 15 is 0 Å². The highest BCUT2D eigenvalue weighted by molar-refractivity contribution is 7.76. The molecule has 2 aliphatic carbocycles. The first-order chi connectivity index (χ1) is 13.8. The molecule has 28 heavy (non-hydrogen) atoms. The van der Waals surface area contributed by atoms with Crippen LogP contribution in [-0.4, -0.2) is 19.0 Å². The van der Waals surface area contributed by atoms with Gasteiger partial charge in [-0.05, 0) is 56.6 Å². The van der Waals surface area contributed by atoms with Gasteiger partial charge in [-0.3, -0.25) is 0 Å². The fourth-order valence-corrected chi connectivity index (χ4v) is 6.95. The van der Waals surface area contributed by atoms with Crippen LogP contribution in [0.3, 0.4) is 0 Å². The van der Waals surface area contributed by atoms with Crippen LogP contribution in [0.1, 0.15) is 17.2 Å². The number of nitrogens with zero attached hydrogens (tertiary/aromatic N) is 1. The molecule has 0 saturated heterocycles. The van der Waals surface area contributed by atoms with E-state index in [2.05, 4.69) is 117 Å². The highest BCUT2D eigenvalue weighted by atomic mass is 31.1. The Hall–Kier alpha value is -1.95. The number of hydrogen-bond donors (Lipinski definition) is 0. The number of fused-ring (bicyclic) bond motifs is 3. The number of benzene rings is 3. The molecule has 5 radical (unpaired) electrons. The van der Waals surface area contributed by atoms with Crippen molar-refractivity contribution >= 4 is 18.5 Å². The highest BCUT2D eigenvalue weighted by Gasteiger charge is 2.53. The van der Waals surface area contributed by atoms with Gasteiger partial charge in [-0.15, -0.1) is 0 Å². The van der Waals surface area contributed by atoms with Crippen molar-refractivity contribution in [2.24, 2.45) is 0 Å². The maximum absolute atomic E-state index is 2.38. The molecule has 1 atom stereocenters. The van der Waals surface area contributed by atoms with Crippen molar-refractivity contribution < 1.29 is 0 Å². The van der Waals surface area contributed by atoms with Gasteiger partial charge in [0.05, 0.1) is 0 Å². The first-order valence-corrected chi connectivity index (χ1v) is 11.1. The second-order valence-electron chi connectivity index (χ2n) is 7.51. The van der Waals surface area contributed by atoms with E-state index in [4.69, 9.17) is 0 Å². The molecule has 0 amide bonds. The van der Waals surface area contributed by atoms with Gasteiger partial charge >= 0.3 is 0 Å². The second kappa shape index (κ2) is 7.47. The molecule has 137 valence electrons. The van der Waals surface area contributed by atoms with Crippen molar-refractivity contribution in [1.29, 1.82) is 0 Å². The fourth-order valence-electron chi connectivity index (χ4n) is 4.45. The van der Waals surface area contributed by atoms with Crippen molar-refractivity contribution in [3.05, 3.63) is 126 Å². The summed E-state index contributed by atoms with van der Waals surface area (Å²) >= 11 is 0. The molecule has 1 fully saturated rings. The first-order valence-electron chi connectivity index (χ1n) is 9.71. The van der Waals surface area contributed by atoms with E-state index in [1.54, 1.807) is 0 Å². The molecule has 0 aromatic heterocycles. The molecule has 2 heteroatoms. The lowest BCUT2D eigenvalue weighted by Crippen LogP contribution is -2.28. The van der Waals surface area contributed by atoms with E-state index in [9.17, 15) is 0 Å². The Balaban J connectivity index is 1.61. The summed E-state index contributed by atoms with van der Waals surface area (Å²) in [7, 11) is 3.80. The van der Waals surface area contributed by atoms with E-state index in [-0.39, 0.29) is 0 Å². The third kappa shape index (κ3) is 2.93. The Morgan fingerprint density at radius 1 is 0.679 bits per heavy atom. The van der Waals surface area contributed by atoms with Crippen molar-refractivity contribution in [1.82, 2.24) is 4.90 Å². The number of hydrogen-bond acceptors (Lipinski definition) is 1. The summed E-state index contributed by atoms with van der Waals surface area (Å²) in [5.74, 6) is 2.90. The predicted molar refractivity (Wildman–Crippen MR) is 119 cm³/mol. The van der Waals surface area contributed by atoms with Crippen LogP contribution in [0.5, 0.6) is 0 Å². The molecular weight excluding hydrogens is 357 g/mol. The molecule has 0 unspecified atom stereocenters. The molecular formula is C26H23NP. The third-order valence-corrected chi connectivity index (χ3v) is 8.08. The Bertz CT molecular complexity index is 897. The lowest BCUT2D eigenvalue weighted by atomic mass is 9.94. The number of rotatable bonds is 4. The van der Waals surface area contributed by atoms with E-state index in [1.165, 1.54) is 39.2 Å². The smallest absolute Gasteiger partial charge is 0.0426 e. The molecule has 2 aliphatic rings. The molecule has 1 nitrogen and oxygen atoms in total. The lowest BCUT2D eigenvalue weighted by molar-refractivity contribution is 0.325. The Morgan fingerprint density at radius 2 is 1.25 bits per heavy atom. The van der Waals surface area contributed by atoms with E-state index in [0.717, 1.165) is 0 Å².